The van der Waals surface area contributed by atoms with Crippen LogP contribution in [0.1, 0.15) is 24.0 Å². The molecule has 7 heteroatoms. The summed E-state index contributed by atoms with van der Waals surface area (Å²) in [4.78, 5) is 0. The number of piperidine rings is 1. The van der Waals surface area contributed by atoms with Gasteiger partial charge in [0.25, 0.3) is 10.2 Å². The fourth-order valence-electron chi connectivity index (χ4n) is 2.91. The predicted molar refractivity (Wildman–Crippen MR) is 85.8 cm³/mol. The molecule has 2 heterocycles. The smallest absolute Gasteiger partial charge is 0.280 e. The molecule has 21 heavy (non-hydrogen) atoms. The first-order valence-corrected chi connectivity index (χ1v) is 8.64. The first-order valence-electron chi connectivity index (χ1n) is 7.20. The van der Waals surface area contributed by atoms with E-state index < -0.39 is 10.2 Å². The maximum Gasteiger partial charge on any atom is 0.280 e. The molecule has 0 radical (unpaired) electrons. The molecule has 0 spiro atoms. The Morgan fingerprint density at radius 3 is 2.71 bits per heavy atom. The largest absolute Gasteiger partial charge is 0.315 e. The van der Waals surface area contributed by atoms with Crippen LogP contribution in [0.2, 0.25) is 0 Å². The number of rotatable bonds is 3. The van der Waals surface area contributed by atoms with Gasteiger partial charge in [-0.2, -0.15) is 17.4 Å². The summed E-state index contributed by atoms with van der Waals surface area (Å²) in [5.41, 5.74) is 2.38. The van der Waals surface area contributed by atoms with Gasteiger partial charge in [-0.3, -0.25) is 0 Å². The van der Waals surface area contributed by atoms with Crippen LogP contribution < -0.4 is 10.0 Å². The second-order valence-corrected chi connectivity index (χ2v) is 7.22. The Labute approximate surface area is 132 Å². The Morgan fingerprint density at radius 1 is 1.24 bits per heavy atom. The molecule has 1 unspecified atom stereocenters. The molecule has 0 aromatic heterocycles. The van der Waals surface area contributed by atoms with Crippen LogP contribution in [-0.4, -0.2) is 38.4 Å². The van der Waals surface area contributed by atoms with E-state index in [0.29, 0.717) is 13.1 Å². The van der Waals surface area contributed by atoms with Crippen molar-refractivity contribution < 1.29 is 8.42 Å². The van der Waals surface area contributed by atoms with Crippen molar-refractivity contribution in [2.45, 2.75) is 31.8 Å². The SMILES string of the molecule is Cl.O=S(=O)(NC1CCCNC1)N1CCc2ccccc2C1. The van der Waals surface area contributed by atoms with Crippen molar-refractivity contribution in [3.05, 3.63) is 35.4 Å². The predicted octanol–water partition coefficient (Wildman–Crippen LogP) is 1.05. The van der Waals surface area contributed by atoms with Crippen molar-refractivity contribution in [3.8, 4) is 0 Å². The van der Waals surface area contributed by atoms with Crippen LogP contribution >= 0.6 is 12.4 Å². The van der Waals surface area contributed by atoms with Crippen molar-refractivity contribution in [2.75, 3.05) is 19.6 Å². The summed E-state index contributed by atoms with van der Waals surface area (Å²) in [6, 6.07) is 8.09. The maximum atomic E-state index is 12.5. The van der Waals surface area contributed by atoms with Crippen LogP contribution in [0.15, 0.2) is 24.3 Å². The minimum absolute atomic E-state index is 0. The summed E-state index contributed by atoms with van der Waals surface area (Å²) in [5, 5.41) is 3.23. The van der Waals surface area contributed by atoms with Crippen molar-refractivity contribution in [2.24, 2.45) is 0 Å². The highest BCUT2D eigenvalue weighted by Crippen LogP contribution is 2.20. The highest BCUT2D eigenvalue weighted by molar-refractivity contribution is 7.87. The molecule has 0 saturated carbocycles. The zero-order valence-corrected chi connectivity index (χ0v) is 13.5. The molecule has 1 aromatic carbocycles. The normalized spacial score (nSPS) is 23.1. The zero-order chi connectivity index (χ0) is 14.0. The van der Waals surface area contributed by atoms with Gasteiger partial charge in [0.2, 0.25) is 0 Å². The summed E-state index contributed by atoms with van der Waals surface area (Å²) < 4.78 is 29.3. The molecule has 1 fully saturated rings. The van der Waals surface area contributed by atoms with E-state index in [1.165, 1.54) is 5.56 Å². The fraction of sp³-hybridized carbons (Fsp3) is 0.571. The number of halogens is 1. The molecule has 0 aliphatic carbocycles. The molecule has 0 amide bonds. The minimum atomic E-state index is -3.38. The van der Waals surface area contributed by atoms with E-state index in [1.54, 1.807) is 4.31 Å². The Bertz CT molecular complexity index is 573. The van der Waals surface area contributed by atoms with Crippen molar-refractivity contribution >= 4 is 22.6 Å². The first kappa shape index (κ1) is 16.7. The van der Waals surface area contributed by atoms with Crippen LogP contribution in [0.25, 0.3) is 0 Å². The van der Waals surface area contributed by atoms with E-state index in [2.05, 4.69) is 16.1 Å². The molecule has 1 saturated heterocycles. The van der Waals surface area contributed by atoms with E-state index in [9.17, 15) is 8.42 Å². The lowest BCUT2D eigenvalue weighted by atomic mass is 10.0. The minimum Gasteiger partial charge on any atom is -0.315 e. The molecule has 1 atom stereocenters. The number of nitrogens with one attached hydrogen (secondary N) is 2. The van der Waals surface area contributed by atoms with Gasteiger partial charge in [-0.15, -0.1) is 12.4 Å². The van der Waals surface area contributed by atoms with Gasteiger partial charge in [-0.05, 0) is 36.9 Å². The zero-order valence-electron chi connectivity index (χ0n) is 11.9. The molecule has 0 bridgehead atoms. The van der Waals surface area contributed by atoms with Gasteiger partial charge in [-0.1, -0.05) is 24.3 Å². The molecule has 118 valence electrons. The van der Waals surface area contributed by atoms with Crippen LogP contribution in [0.4, 0.5) is 0 Å². The lowest BCUT2D eigenvalue weighted by Gasteiger charge is -2.31. The summed E-state index contributed by atoms with van der Waals surface area (Å²) in [6.07, 6.45) is 2.73. The standard InChI is InChI=1S/C14H21N3O2S.ClH/c18-20(19,16-14-6-3-8-15-10-14)17-9-7-12-4-1-2-5-13(12)11-17;/h1-2,4-5,14-16H,3,6-11H2;1H. The number of benzene rings is 1. The summed E-state index contributed by atoms with van der Waals surface area (Å²) in [7, 11) is -3.38. The van der Waals surface area contributed by atoms with E-state index in [0.717, 1.165) is 37.9 Å². The van der Waals surface area contributed by atoms with Gasteiger partial charge in [0.1, 0.15) is 0 Å². The molecule has 3 rings (SSSR count). The average Bonchev–Trinajstić information content (AvgIpc) is 2.47. The van der Waals surface area contributed by atoms with Crippen molar-refractivity contribution in [1.82, 2.24) is 14.3 Å². The van der Waals surface area contributed by atoms with Crippen LogP contribution in [0.3, 0.4) is 0 Å². The highest BCUT2D eigenvalue weighted by atomic mass is 35.5. The van der Waals surface area contributed by atoms with Crippen molar-refractivity contribution in [1.29, 1.82) is 0 Å². The number of nitrogens with zero attached hydrogens (tertiary/aromatic N) is 1. The van der Waals surface area contributed by atoms with Gasteiger partial charge >= 0.3 is 0 Å². The van der Waals surface area contributed by atoms with E-state index in [1.807, 2.05) is 18.2 Å². The summed E-state index contributed by atoms with van der Waals surface area (Å²) in [6.45, 7) is 2.75. The quantitative estimate of drug-likeness (QED) is 0.870. The van der Waals surface area contributed by atoms with Crippen LogP contribution in [0.5, 0.6) is 0 Å². The van der Waals surface area contributed by atoms with Gasteiger partial charge < -0.3 is 5.32 Å². The first-order chi connectivity index (χ1) is 9.65. The highest BCUT2D eigenvalue weighted by Gasteiger charge is 2.29. The Kier molecular flexibility index (Phi) is 5.62. The second kappa shape index (κ2) is 7.07. The monoisotopic (exact) mass is 331 g/mol. The fourth-order valence-corrected chi connectivity index (χ4v) is 4.32. The molecule has 2 aliphatic rings. The van der Waals surface area contributed by atoms with E-state index in [4.69, 9.17) is 0 Å². The molecular formula is C14H22ClN3O2S. The summed E-state index contributed by atoms with van der Waals surface area (Å²) in [5.74, 6) is 0. The number of hydrogen-bond donors (Lipinski definition) is 2. The molecule has 1 aromatic rings. The second-order valence-electron chi connectivity index (χ2n) is 5.52. The molecule has 2 aliphatic heterocycles. The topological polar surface area (TPSA) is 61.4 Å². The average molecular weight is 332 g/mol. The molecule has 2 N–H and O–H groups in total. The van der Waals surface area contributed by atoms with Gasteiger partial charge in [-0.25, -0.2) is 0 Å². The summed E-state index contributed by atoms with van der Waals surface area (Å²) >= 11 is 0. The van der Waals surface area contributed by atoms with Gasteiger partial charge in [0.15, 0.2) is 0 Å². The third-order valence-corrected chi connectivity index (χ3v) is 5.67. The van der Waals surface area contributed by atoms with E-state index >= 15 is 0 Å². The van der Waals surface area contributed by atoms with Crippen molar-refractivity contribution in [3.63, 3.8) is 0 Å². The van der Waals surface area contributed by atoms with Gasteiger partial charge in [0, 0.05) is 25.7 Å². The van der Waals surface area contributed by atoms with E-state index in [-0.39, 0.29) is 18.4 Å². The Hall–Kier alpha value is -0.660. The Morgan fingerprint density at radius 2 is 2.00 bits per heavy atom. The molecule has 5 nitrogen and oxygen atoms in total. The Balaban J connectivity index is 0.00000161. The maximum absolute atomic E-state index is 12.5. The van der Waals surface area contributed by atoms with Gasteiger partial charge in [0.05, 0.1) is 0 Å². The number of fused-ring (bicyclic) bond motifs is 1. The van der Waals surface area contributed by atoms with Crippen LogP contribution in [-0.2, 0) is 23.2 Å². The third kappa shape index (κ3) is 3.96. The lowest BCUT2D eigenvalue weighted by molar-refractivity contribution is 0.364. The van der Waals surface area contributed by atoms with Crippen LogP contribution in [0, 0.1) is 0 Å². The third-order valence-electron chi connectivity index (χ3n) is 4.05. The molecular weight excluding hydrogens is 310 g/mol. The lowest BCUT2D eigenvalue weighted by Crippen LogP contribution is -2.51. The number of hydrogen-bond acceptors (Lipinski definition) is 3.